The molecule has 0 aromatic heterocycles. The standard InChI is InChI=1S/C12H9N/c1-9-5-6-10-3-2-4-11(8-13)12(10)7-9/h2-7H,1H3. The molecule has 0 spiro atoms. The highest BCUT2D eigenvalue weighted by atomic mass is 14.2. The fraction of sp³-hybridized carbons (Fsp3) is 0.0833. The Morgan fingerprint density at radius 1 is 1.15 bits per heavy atom. The lowest BCUT2D eigenvalue weighted by Crippen LogP contribution is -1.80. The van der Waals surface area contributed by atoms with Gasteiger partial charge in [-0.3, -0.25) is 0 Å². The fourth-order valence-corrected chi connectivity index (χ4v) is 1.48. The number of benzene rings is 2. The molecule has 1 heteroatoms. The minimum atomic E-state index is 0.751. The monoisotopic (exact) mass is 167 g/mol. The number of hydrogen-bond donors (Lipinski definition) is 0. The highest BCUT2D eigenvalue weighted by Crippen LogP contribution is 2.19. The van der Waals surface area contributed by atoms with Crippen molar-refractivity contribution in [1.29, 1.82) is 5.26 Å². The van der Waals surface area contributed by atoms with Crippen LogP contribution in [0.4, 0.5) is 0 Å². The first kappa shape index (κ1) is 7.82. The Morgan fingerprint density at radius 2 is 2.00 bits per heavy atom. The molecule has 13 heavy (non-hydrogen) atoms. The molecule has 2 aromatic carbocycles. The van der Waals surface area contributed by atoms with Gasteiger partial charge in [-0.1, -0.05) is 35.9 Å². The molecule has 0 amide bonds. The van der Waals surface area contributed by atoms with Crippen molar-refractivity contribution in [2.45, 2.75) is 6.92 Å². The van der Waals surface area contributed by atoms with Gasteiger partial charge in [0.05, 0.1) is 11.6 Å². The van der Waals surface area contributed by atoms with E-state index in [-0.39, 0.29) is 0 Å². The second-order valence-electron chi connectivity index (χ2n) is 3.14. The lowest BCUT2D eigenvalue weighted by Gasteiger charge is -2.00. The number of nitrogens with zero attached hydrogens (tertiary/aromatic N) is 1. The molecule has 0 aliphatic rings. The van der Waals surface area contributed by atoms with Gasteiger partial charge < -0.3 is 0 Å². The third-order valence-corrected chi connectivity index (χ3v) is 2.16. The summed E-state index contributed by atoms with van der Waals surface area (Å²) in [5.74, 6) is 0. The topological polar surface area (TPSA) is 23.8 Å². The molecule has 0 aliphatic carbocycles. The second kappa shape index (κ2) is 2.91. The van der Waals surface area contributed by atoms with Crippen molar-refractivity contribution in [2.24, 2.45) is 0 Å². The number of aryl methyl sites for hydroxylation is 1. The molecule has 0 atom stereocenters. The summed E-state index contributed by atoms with van der Waals surface area (Å²) in [5, 5.41) is 11.1. The van der Waals surface area contributed by atoms with Crippen LogP contribution in [0.1, 0.15) is 11.1 Å². The first-order valence-electron chi connectivity index (χ1n) is 4.21. The van der Waals surface area contributed by atoms with Crippen LogP contribution in [0.3, 0.4) is 0 Å². The van der Waals surface area contributed by atoms with E-state index in [2.05, 4.69) is 12.1 Å². The van der Waals surface area contributed by atoms with Gasteiger partial charge in [0.25, 0.3) is 0 Å². The molecule has 0 aliphatic heterocycles. The maximum atomic E-state index is 8.88. The van der Waals surface area contributed by atoms with Crippen molar-refractivity contribution in [3.05, 3.63) is 47.5 Å². The highest BCUT2D eigenvalue weighted by molar-refractivity contribution is 5.88. The predicted octanol–water partition coefficient (Wildman–Crippen LogP) is 3.02. The summed E-state index contributed by atoms with van der Waals surface area (Å²) in [6.45, 7) is 2.04. The van der Waals surface area contributed by atoms with Gasteiger partial charge in [-0.05, 0) is 23.8 Å². The van der Waals surface area contributed by atoms with E-state index in [0.717, 1.165) is 16.3 Å². The Bertz CT molecular complexity index is 492. The SMILES string of the molecule is Cc1ccc2cccc(C#N)c2c1. The minimum absolute atomic E-state index is 0.751. The summed E-state index contributed by atoms with van der Waals surface area (Å²) in [7, 11) is 0. The van der Waals surface area contributed by atoms with Crippen molar-refractivity contribution >= 4 is 10.8 Å². The van der Waals surface area contributed by atoms with Gasteiger partial charge in [0.15, 0.2) is 0 Å². The van der Waals surface area contributed by atoms with Gasteiger partial charge >= 0.3 is 0 Å². The predicted molar refractivity (Wildman–Crippen MR) is 53.4 cm³/mol. The van der Waals surface area contributed by atoms with E-state index in [0.29, 0.717) is 0 Å². The largest absolute Gasteiger partial charge is 0.192 e. The normalized spacial score (nSPS) is 9.85. The molecular weight excluding hydrogens is 158 g/mol. The minimum Gasteiger partial charge on any atom is -0.192 e. The lowest BCUT2D eigenvalue weighted by atomic mass is 10.0. The summed E-state index contributed by atoms with van der Waals surface area (Å²) in [6, 6.07) is 14.1. The summed E-state index contributed by atoms with van der Waals surface area (Å²) in [5.41, 5.74) is 1.94. The van der Waals surface area contributed by atoms with Crippen LogP contribution in [0.5, 0.6) is 0 Å². The molecule has 2 aromatic rings. The van der Waals surface area contributed by atoms with Crippen molar-refractivity contribution in [3.8, 4) is 6.07 Å². The van der Waals surface area contributed by atoms with Crippen LogP contribution >= 0.6 is 0 Å². The maximum absolute atomic E-state index is 8.88. The smallest absolute Gasteiger partial charge is 0.0998 e. The Balaban J connectivity index is 2.89. The Kier molecular flexibility index (Phi) is 1.75. The number of rotatable bonds is 0. The quantitative estimate of drug-likeness (QED) is 0.591. The number of fused-ring (bicyclic) bond motifs is 1. The summed E-state index contributed by atoms with van der Waals surface area (Å²) >= 11 is 0. The van der Waals surface area contributed by atoms with Crippen LogP contribution in [-0.4, -0.2) is 0 Å². The zero-order chi connectivity index (χ0) is 9.26. The highest BCUT2D eigenvalue weighted by Gasteiger charge is 1.98. The molecule has 0 radical (unpaired) electrons. The van der Waals surface area contributed by atoms with E-state index in [1.54, 1.807) is 0 Å². The van der Waals surface area contributed by atoms with Gasteiger partial charge in [0.1, 0.15) is 0 Å². The molecule has 0 saturated carbocycles. The van der Waals surface area contributed by atoms with Crippen molar-refractivity contribution in [1.82, 2.24) is 0 Å². The zero-order valence-corrected chi connectivity index (χ0v) is 7.41. The van der Waals surface area contributed by atoms with E-state index >= 15 is 0 Å². The first-order chi connectivity index (χ1) is 6.31. The molecule has 0 bridgehead atoms. The summed E-state index contributed by atoms with van der Waals surface area (Å²) < 4.78 is 0. The van der Waals surface area contributed by atoms with Gasteiger partial charge in [0, 0.05) is 0 Å². The van der Waals surface area contributed by atoms with Gasteiger partial charge in [-0.25, -0.2) is 0 Å². The average molecular weight is 167 g/mol. The molecule has 62 valence electrons. The number of hydrogen-bond acceptors (Lipinski definition) is 1. The second-order valence-corrected chi connectivity index (χ2v) is 3.14. The van der Waals surface area contributed by atoms with Crippen LogP contribution in [0, 0.1) is 18.3 Å². The Labute approximate surface area is 77.2 Å². The van der Waals surface area contributed by atoms with Crippen molar-refractivity contribution < 1.29 is 0 Å². The lowest BCUT2D eigenvalue weighted by molar-refractivity contribution is 1.48. The third kappa shape index (κ3) is 1.27. The van der Waals surface area contributed by atoms with Crippen LogP contribution in [0.2, 0.25) is 0 Å². The average Bonchev–Trinajstić information content (AvgIpc) is 2.17. The Morgan fingerprint density at radius 3 is 2.77 bits per heavy atom. The zero-order valence-electron chi connectivity index (χ0n) is 7.41. The van der Waals surface area contributed by atoms with Crippen LogP contribution < -0.4 is 0 Å². The van der Waals surface area contributed by atoms with Gasteiger partial charge in [-0.15, -0.1) is 0 Å². The molecular formula is C12H9N. The summed E-state index contributed by atoms with van der Waals surface area (Å²) in [6.07, 6.45) is 0. The fourth-order valence-electron chi connectivity index (χ4n) is 1.48. The van der Waals surface area contributed by atoms with E-state index in [1.165, 1.54) is 5.56 Å². The molecule has 1 nitrogen and oxygen atoms in total. The number of nitriles is 1. The molecule has 0 heterocycles. The van der Waals surface area contributed by atoms with E-state index in [4.69, 9.17) is 5.26 Å². The van der Waals surface area contributed by atoms with E-state index in [9.17, 15) is 0 Å². The van der Waals surface area contributed by atoms with Crippen molar-refractivity contribution in [2.75, 3.05) is 0 Å². The molecule has 0 N–H and O–H groups in total. The molecule has 2 rings (SSSR count). The van der Waals surface area contributed by atoms with Crippen LogP contribution in [-0.2, 0) is 0 Å². The van der Waals surface area contributed by atoms with Crippen LogP contribution in [0.25, 0.3) is 10.8 Å². The first-order valence-corrected chi connectivity index (χ1v) is 4.21. The third-order valence-electron chi connectivity index (χ3n) is 2.16. The summed E-state index contributed by atoms with van der Waals surface area (Å²) in [4.78, 5) is 0. The van der Waals surface area contributed by atoms with Gasteiger partial charge in [-0.2, -0.15) is 5.26 Å². The van der Waals surface area contributed by atoms with Crippen LogP contribution in [0.15, 0.2) is 36.4 Å². The van der Waals surface area contributed by atoms with Gasteiger partial charge in [0.2, 0.25) is 0 Å². The van der Waals surface area contributed by atoms with E-state index < -0.39 is 0 Å². The van der Waals surface area contributed by atoms with E-state index in [1.807, 2.05) is 37.3 Å². The Hall–Kier alpha value is -1.81. The maximum Gasteiger partial charge on any atom is 0.0998 e. The molecule has 0 fully saturated rings. The molecule has 0 unspecified atom stereocenters. The van der Waals surface area contributed by atoms with Crippen molar-refractivity contribution in [3.63, 3.8) is 0 Å². The molecule has 0 saturated heterocycles.